The van der Waals surface area contributed by atoms with Crippen molar-refractivity contribution in [2.75, 3.05) is 41.0 Å². The molecule has 0 bridgehead atoms. The first-order chi connectivity index (χ1) is 19.5. The normalized spacial score (nSPS) is 9.97. The Morgan fingerprint density at radius 1 is 0.675 bits per heavy atom. The van der Waals surface area contributed by atoms with Crippen molar-refractivity contribution in [3.05, 3.63) is 74.5 Å². The average Bonchev–Trinajstić information content (AvgIpc) is 3.62. The lowest BCUT2D eigenvalue weighted by molar-refractivity contribution is 0.0222. The number of halogens is 1. The highest BCUT2D eigenvalue weighted by Gasteiger charge is 2.15. The molecule has 4 aromatic rings. The van der Waals surface area contributed by atoms with E-state index >= 15 is 0 Å². The van der Waals surface area contributed by atoms with Gasteiger partial charge < -0.3 is 38.5 Å². The van der Waals surface area contributed by atoms with Gasteiger partial charge in [0.15, 0.2) is 13.6 Å². The predicted molar refractivity (Wildman–Crippen MR) is 165 cm³/mol. The zero-order valence-electron chi connectivity index (χ0n) is 22.9. The molecular weight excluding hydrogens is 619 g/mol. The van der Waals surface area contributed by atoms with Crippen LogP contribution in [0.1, 0.15) is 13.8 Å². The summed E-state index contributed by atoms with van der Waals surface area (Å²) in [5.41, 5.74) is 2.46. The van der Waals surface area contributed by atoms with Crippen molar-refractivity contribution in [1.82, 2.24) is 0 Å². The molecule has 0 saturated heterocycles. The molecule has 8 nitrogen and oxygen atoms in total. The fourth-order valence-corrected chi connectivity index (χ4v) is 5.18. The summed E-state index contributed by atoms with van der Waals surface area (Å²) in [7, 11) is 1.69. The minimum Gasteiger partial charge on any atom is -0.497 e. The largest absolute Gasteiger partial charge is 0.497 e. The summed E-state index contributed by atoms with van der Waals surface area (Å²) in [4.78, 5) is 0. The molecule has 0 unspecified atom stereocenters. The Kier molecular flexibility index (Phi) is 16.4. The lowest BCUT2D eigenvalue weighted by Crippen LogP contribution is -2.30. The van der Waals surface area contributed by atoms with Crippen molar-refractivity contribution < 1.29 is 38.5 Å². The number of benzene rings is 2. The number of methoxy groups -OCH3 is 2. The molecule has 0 aliphatic rings. The molecule has 0 amide bonds. The SMILES string of the molecule is CCOCOc1cscc1-c1ccccc1OC.CCOCOc1cscc1Br.COc1ccccc1B(O)O. The molecule has 2 heterocycles. The maximum Gasteiger partial charge on any atom is 0.492 e. The van der Waals surface area contributed by atoms with E-state index in [2.05, 4.69) is 21.3 Å². The van der Waals surface area contributed by atoms with Crippen molar-refractivity contribution in [2.24, 2.45) is 0 Å². The van der Waals surface area contributed by atoms with Crippen LogP contribution in [0.2, 0.25) is 0 Å². The first-order valence-corrected chi connectivity index (χ1v) is 15.0. The smallest absolute Gasteiger partial charge is 0.492 e. The molecule has 0 spiro atoms. The molecule has 0 aliphatic heterocycles. The molecule has 0 atom stereocenters. The van der Waals surface area contributed by atoms with Gasteiger partial charge >= 0.3 is 7.12 Å². The minimum absolute atomic E-state index is 0.273. The van der Waals surface area contributed by atoms with Gasteiger partial charge in [-0.1, -0.05) is 36.4 Å². The number of hydrogen-bond donors (Lipinski definition) is 2. The van der Waals surface area contributed by atoms with Crippen molar-refractivity contribution in [3.63, 3.8) is 0 Å². The van der Waals surface area contributed by atoms with Crippen LogP contribution >= 0.6 is 38.6 Å². The topological polar surface area (TPSA) is 95.8 Å². The number of para-hydroxylation sites is 2. The second kappa shape index (κ2) is 19.5. The molecule has 216 valence electrons. The van der Waals surface area contributed by atoms with E-state index < -0.39 is 7.12 Å². The van der Waals surface area contributed by atoms with Gasteiger partial charge in [-0.05, 0) is 41.9 Å². The second-order valence-corrected chi connectivity index (χ2v) is 9.90. The third-order valence-corrected chi connectivity index (χ3v) is 7.39. The summed E-state index contributed by atoms with van der Waals surface area (Å²) in [6.45, 7) is 5.81. The Morgan fingerprint density at radius 3 is 1.77 bits per heavy atom. The van der Waals surface area contributed by atoms with Gasteiger partial charge in [-0.2, -0.15) is 0 Å². The highest BCUT2D eigenvalue weighted by molar-refractivity contribution is 9.10. The third-order valence-electron chi connectivity index (χ3n) is 5.03. The summed E-state index contributed by atoms with van der Waals surface area (Å²) in [6, 6.07) is 14.7. The van der Waals surface area contributed by atoms with Crippen LogP contribution in [-0.4, -0.2) is 58.2 Å². The van der Waals surface area contributed by atoms with E-state index in [-0.39, 0.29) is 6.79 Å². The van der Waals surface area contributed by atoms with Crippen molar-refractivity contribution in [3.8, 4) is 34.1 Å². The molecule has 0 aliphatic carbocycles. The fourth-order valence-electron chi connectivity index (χ4n) is 3.09. The van der Waals surface area contributed by atoms with Crippen LogP contribution in [0, 0.1) is 0 Å². The molecular formula is C28H34BBrO8S2. The van der Waals surface area contributed by atoms with Crippen LogP contribution in [0.5, 0.6) is 23.0 Å². The average molecular weight is 653 g/mol. The van der Waals surface area contributed by atoms with Crippen LogP contribution in [0.3, 0.4) is 0 Å². The number of thiophene rings is 2. The van der Waals surface area contributed by atoms with Crippen LogP contribution in [0.4, 0.5) is 0 Å². The monoisotopic (exact) mass is 652 g/mol. The molecule has 0 saturated carbocycles. The number of hydrogen-bond acceptors (Lipinski definition) is 10. The van der Waals surface area contributed by atoms with E-state index in [4.69, 9.17) is 38.5 Å². The van der Waals surface area contributed by atoms with Gasteiger partial charge in [-0.3, -0.25) is 0 Å². The molecule has 40 heavy (non-hydrogen) atoms. The van der Waals surface area contributed by atoms with Gasteiger partial charge in [0, 0.05) is 51.3 Å². The minimum atomic E-state index is -1.47. The third kappa shape index (κ3) is 11.1. The maximum atomic E-state index is 8.81. The predicted octanol–water partition coefficient (Wildman–Crippen LogP) is 6.05. The fraction of sp³-hybridized carbons (Fsp3) is 0.286. The van der Waals surface area contributed by atoms with E-state index in [1.165, 1.54) is 7.11 Å². The van der Waals surface area contributed by atoms with Crippen LogP contribution < -0.4 is 24.4 Å². The number of ether oxygens (including phenoxy) is 6. The first kappa shape index (κ1) is 33.6. The summed E-state index contributed by atoms with van der Waals surface area (Å²) in [6.07, 6.45) is 0. The Hall–Kier alpha value is -2.58. The van der Waals surface area contributed by atoms with E-state index in [0.29, 0.717) is 31.2 Å². The van der Waals surface area contributed by atoms with E-state index in [1.54, 1.807) is 54.0 Å². The quantitative estimate of drug-likeness (QED) is 0.108. The highest BCUT2D eigenvalue weighted by atomic mass is 79.9. The zero-order valence-corrected chi connectivity index (χ0v) is 26.1. The van der Waals surface area contributed by atoms with Crippen LogP contribution in [0.25, 0.3) is 11.1 Å². The summed E-state index contributed by atoms with van der Waals surface area (Å²) < 4.78 is 32.3. The number of rotatable bonds is 12. The Morgan fingerprint density at radius 2 is 1.23 bits per heavy atom. The second-order valence-electron chi connectivity index (χ2n) is 7.56. The lowest BCUT2D eigenvalue weighted by atomic mass is 9.80. The van der Waals surface area contributed by atoms with Crippen LogP contribution in [0.15, 0.2) is 74.5 Å². The summed E-state index contributed by atoms with van der Waals surface area (Å²) in [5.74, 6) is 3.01. The molecule has 2 aromatic heterocycles. The molecule has 2 N–H and O–H groups in total. The first-order valence-electron chi connectivity index (χ1n) is 12.3. The molecule has 4 rings (SSSR count). The molecule has 0 radical (unpaired) electrons. The Bertz CT molecular complexity index is 1230. The zero-order chi connectivity index (χ0) is 29.2. The van der Waals surface area contributed by atoms with Gasteiger partial charge in [-0.25, -0.2) is 0 Å². The van der Waals surface area contributed by atoms with Crippen molar-refractivity contribution >= 4 is 51.2 Å². The van der Waals surface area contributed by atoms with E-state index in [1.807, 2.05) is 54.3 Å². The lowest BCUT2D eigenvalue weighted by Gasteiger charge is -2.10. The van der Waals surface area contributed by atoms with E-state index in [9.17, 15) is 0 Å². The van der Waals surface area contributed by atoms with Gasteiger partial charge in [0.1, 0.15) is 23.0 Å². The Balaban J connectivity index is 0.000000222. The standard InChI is InChI=1S/C14H16O3S.C7H9BO3.C7H9BrO2S/c1-3-16-10-17-14-9-18-8-12(14)11-6-4-5-7-13(11)15-2;1-11-7-5-3-2-4-6(7)8(9)10;1-2-9-5-10-7-4-11-3-6(7)8/h4-9H,3,10H2,1-2H3;2-5,9-10H,1H3;3-4H,2,5H2,1H3. The van der Waals surface area contributed by atoms with Crippen LogP contribution in [-0.2, 0) is 9.47 Å². The van der Waals surface area contributed by atoms with Crippen molar-refractivity contribution in [1.29, 1.82) is 0 Å². The Labute approximate surface area is 252 Å². The highest BCUT2D eigenvalue weighted by Crippen LogP contribution is 2.38. The molecule has 12 heteroatoms. The van der Waals surface area contributed by atoms with E-state index in [0.717, 1.165) is 32.8 Å². The van der Waals surface area contributed by atoms with Gasteiger partial charge in [0.2, 0.25) is 0 Å². The summed E-state index contributed by atoms with van der Waals surface area (Å²) in [5, 5.41) is 25.6. The van der Waals surface area contributed by atoms with Gasteiger partial charge in [0.25, 0.3) is 0 Å². The van der Waals surface area contributed by atoms with Crippen molar-refractivity contribution in [2.45, 2.75) is 13.8 Å². The maximum absolute atomic E-state index is 8.81. The van der Waals surface area contributed by atoms with Gasteiger partial charge in [-0.15, -0.1) is 22.7 Å². The molecule has 2 aromatic carbocycles. The molecule has 0 fully saturated rings. The van der Waals surface area contributed by atoms with Gasteiger partial charge in [0.05, 0.1) is 18.7 Å². The summed E-state index contributed by atoms with van der Waals surface area (Å²) >= 11 is 6.55.